The maximum atomic E-state index is 13.3. The van der Waals surface area contributed by atoms with E-state index in [-0.39, 0.29) is 5.91 Å². The van der Waals surface area contributed by atoms with Gasteiger partial charge in [-0.2, -0.15) is 0 Å². The molecule has 1 aliphatic rings. The van der Waals surface area contributed by atoms with Gasteiger partial charge < -0.3 is 19.7 Å². The Morgan fingerprint density at radius 2 is 1.65 bits per heavy atom. The van der Waals surface area contributed by atoms with Gasteiger partial charge in [-0.3, -0.25) is 4.79 Å². The topological polar surface area (TPSA) is 53.4 Å². The van der Waals surface area contributed by atoms with Crippen molar-refractivity contribution in [1.29, 1.82) is 0 Å². The first kappa shape index (κ1) is 25.6. The molecule has 0 spiro atoms. The second-order valence-electron chi connectivity index (χ2n) is 9.23. The Balaban J connectivity index is 1.68. The zero-order valence-corrected chi connectivity index (χ0v) is 22.9. The van der Waals surface area contributed by atoms with Crippen LogP contribution in [0.3, 0.4) is 0 Å². The lowest BCUT2D eigenvalue weighted by Gasteiger charge is -2.29. The third-order valence-electron chi connectivity index (χ3n) is 7.18. The highest BCUT2D eigenvalue weighted by molar-refractivity contribution is 6.37. The van der Waals surface area contributed by atoms with Crippen LogP contribution in [0.25, 0.3) is 33.4 Å². The van der Waals surface area contributed by atoms with Crippen LogP contribution in [0.15, 0.2) is 54.7 Å². The smallest absolute Gasteiger partial charge is 0.255 e. The highest BCUT2D eigenvalue weighted by atomic mass is 35.5. The Labute approximate surface area is 227 Å². The second kappa shape index (κ2) is 10.7. The standard InChI is InChI=1S/C29H31Cl2N5O/c1-4-35(5-2)29(37)22-18-20(8-11-23(22)30)25-26-24(31)12-13-33-28(26)34(3)27(25)19-6-9-21(10-7-19)36-16-14-32-15-17-36/h6-13,18,32H,4-5,14-17H2,1-3H3. The molecule has 192 valence electrons. The number of anilines is 1. The summed E-state index contributed by atoms with van der Waals surface area (Å²) in [5.41, 5.74) is 6.34. The zero-order valence-electron chi connectivity index (χ0n) is 21.4. The van der Waals surface area contributed by atoms with Gasteiger partial charge in [-0.1, -0.05) is 41.4 Å². The molecule has 1 saturated heterocycles. The molecule has 3 heterocycles. The lowest BCUT2D eigenvalue weighted by molar-refractivity contribution is 0.0773. The van der Waals surface area contributed by atoms with Crippen LogP contribution in [0.1, 0.15) is 24.2 Å². The molecular weight excluding hydrogens is 505 g/mol. The number of aromatic nitrogens is 2. The van der Waals surface area contributed by atoms with Crippen molar-refractivity contribution in [2.75, 3.05) is 44.2 Å². The molecule has 0 radical (unpaired) electrons. The van der Waals surface area contributed by atoms with E-state index in [1.807, 2.05) is 39.1 Å². The van der Waals surface area contributed by atoms with E-state index in [2.05, 4.69) is 44.0 Å². The molecule has 8 heteroatoms. The number of carbonyl (C=O) groups excluding carboxylic acids is 1. The maximum absolute atomic E-state index is 13.3. The van der Waals surface area contributed by atoms with Gasteiger partial charge in [0.1, 0.15) is 5.65 Å². The van der Waals surface area contributed by atoms with Gasteiger partial charge in [-0.25, -0.2) is 4.98 Å². The van der Waals surface area contributed by atoms with Crippen molar-refractivity contribution in [1.82, 2.24) is 19.8 Å². The number of aryl methyl sites for hydroxylation is 1. The van der Waals surface area contributed by atoms with E-state index in [0.29, 0.717) is 28.7 Å². The molecule has 2 aromatic carbocycles. The summed E-state index contributed by atoms with van der Waals surface area (Å²) >= 11 is 13.3. The molecule has 1 aliphatic heterocycles. The summed E-state index contributed by atoms with van der Waals surface area (Å²) in [6.07, 6.45) is 1.73. The number of piperazine rings is 1. The summed E-state index contributed by atoms with van der Waals surface area (Å²) < 4.78 is 2.08. The summed E-state index contributed by atoms with van der Waals surface area (Å²) in [4.78, 5) is 22.1. The van der Waals surface area contributed by atoms with Gasteiger partial charge in [0.25, 0.3) is 5.91 Å². The summed E-state index contributed by atoms with van der Waals surface area (Å²) in [5.74, 6) is -0.0803. The average molecular weight is 537 g/mol. The van der Waals surface area contributed by atoms with Gasteiger partial charge >= 0.3 is 0 Å². The number of amides is 1. The van der Waals surface area contributed by atoms with Crippen molar-refractivity contribution in [2.24, 2.45) is 7.05 Å². The number of nitrogens with zero attached hydrogens (tertiary/aromatic N) is 4. The molecule has 1 N–H and O–H groups in total. The predicted octanol–water partition coefficient (Wildman–Crippen LogP) is 6.11. The molecule has 0 unspecified atom stereocenters. The average Bonchev–Trinajstić information content (AvgIpc) is 3.23. The quantitative estimate of drug-likeness (QED) is 0.323. The summed E-state index contributed by atoms with van der Waals surface area (Å²) in [7, 11) is 2.01. The Morgan fingerprint density at radius 1 is 0.973 bits per heavy atom. The van der Waals surface area contributed by atoms with E-state index in [9.17, 15) is 4.79 Å². The highest BCUT2D eigenvalue weighted by Gasteiger charge is 2.24. The van der Waals surface area contributed by atoms with Crippen LogP contribution in [0.5, 0.6) is 0 Å². The minimum atomic E-state index is -0.0803. The fraction of sp³-hybridized carbons (Fsp3) is 0.310. The van der Waals surface area contributed by atoms with Gasteiger partial charge in [0, 0.05) is 69.2 Å². The van der Waals surface area contributed by atoms with Crippen molar-refractivity contribution in [3.8, 4) is 22.4 Å². The zero-order chi connectivity index (χ0) is 26.1. The van der Waals surface area contributed by atoms with Crippen LogP contribution in [0.2, 0.25) is 10.0 Å². The van der Waals surface area contributed by atoms with E-state index in [0.717, 1.165) is 59.6 Å². The molecule has 0 atom stereocenters. The minimum absolute atomic E-state index is 0.0803. The van der Waals surface area contributed by atoms with Crippen LogP contribution in [0.4, 0.5) is 5.69 Å². The lowest BCUT2D eigenvalue weighted by Crippen LogP contribution is -2.43. The number of pyridine rings is 1. The maximum Gasteiger partial charge on any atom is 0.255 e. The van der Waals surface area contributed by atoms with E-state index in [4.69, 9.17) is 23.2 Å². The van der Waals surface area contributed by atoms with Crippen LogP contribution in [-0.4, -0.2) is 59.6 Å². The van der Waals surface area contributed by atoms with Crippen LogP contribution >= 0.6 is 23.2 Å². The SMILES string of the molecule is CCN(CC)C(=O)c1cc(-c2c(-c3ccc(N4CCNCC4)cc3)n(C)c3nccc(Cl)c23)ccc1Cl. The van der Waals surface area contributed by atoms with E-state index < -0.39 is 0 Å². The minimum Gasteiger partial charge on any atom is -0.369 e. The second-order valence-corrected chi connectivity index (χ2v) is 10.0. The number of carbonyl (C=O) groups is 1. The van der Waals surface area contributed by atoms with Gasteiger partial charge in [-0.15, -0.1) is 0 Å². The van der Waals surface area contributed by atoms with Crippen LogP contribution in [0, 0.1) is 0 Å². The van der Waals surface area contributed by atoms with Crippen LogP contribution < -0.4 is 10.2 Å². The number of fused-ring (bicyclic) bond motifs is 1. The largest absolute Gasteiger partial charge is 0.369 e. The predicted molar refractivity (Wildman–Crippen MR) is 154 cm³/mol. The van der Waals surface area contributed by atoms with Crippen LogP contribution in [-0.2, 0) is 7.05 Å². The van der Waals surface area contributed by atoms with Crippen molar-refractivity contribution in [3.05, 3.63) is 70.3 Å². The molecule has 1 fully saturated rings. The monoisotopic (exact) mass is 535 g/mol. The number of nitrogens with one attached hydrogen (secondary N) is 1. The number of hydrogen-bond donors (Lipinski definition) is 1. The number of hydrogen-bond acceptors (Lipinski definition) is 4. The Morgan fingerprint density at radius 3 is 2.32 bits per heavy atom. The van der Waals surface area contributed by atoms with Gasteiger partial charge in [0.05, 0.1) is 21.3 Å². The third-order valence-corrected chi connectivity index (χ3v) is 7.82. The summed E-state index contributed by atoms with van der Waals surface area (Å²) in [5, 5.41) is 5.32. The number of halogens is 2. The van der Waals surface area contributed by atoms with Gasteiger partial charge in [-0.05, 0) is 55.3 Å². The number of rotatable bonds is 6. The van der Waals surface area contributed by atoms with Crippen molar-refractivity contribution >= 4 is 45.8 Å². The lowest BCUT2D eigenvalue weighted by atomic mass is 9.96. The van der Waals surface area contributed by atoms with Gasteiger partial charge in [0.15, 0.2) is 0 Å². The molecule has 0 aliphatic carbocycles. The fourth-order valence-electron chi connectivity index (χ4n) is 5.20. The summed E-state index contributed by atoms with van der Waals surface area (Å²) in [6, 6.07) is 16.1. The molecule has 2 aromatic heterocycles. The number of benzene rings is 2. The van der Waals surface area contributed by atoms with Crippen molar-refractivity contribution in [3.63, 3.8) is 0 Å². The first-order valence-electron chi connectivity index (χ1n) is 12.7. The van der Waals surface area contributed by atoms with Crippen molar-refractivity contribution in [2.45, 2.75) is 13.8 Å². The van der Waals surface area contributed by atoms with E-state index >= 15 is 0 Å². The third kappa shape index (κ3) is 4.70. The Kier molecular flexibility index (Phi) is 7.43. The molecule has 5 rings (SSSR count). The first-order valence-corrected chi connectivity index (χ1v) is 13.5. The Hall–Kier alpha value is -3.06. The van der Waals surface area contributed by atoms with E-state index in [1.54, 1.807) is 17.2 Å². The Bertz CT molecular complexity index is 1440. The molecule has 37 heavy (non-hydrogen) atoms. The molecule has 0 bridgehead atoms. The summed E-state index contributed by atoms with van der Waals surface area (Å²) in [6.45, 7) is 9.14. The molecule has 6 nitrogen and oxygen atoms in total. The normalized spacial score (nSPS) is 13.8. The fourth-order valence-corrected chi connectivity index (χ4v) is 5.64. The van der Waals surface area contributed by atoms with Crippen molar-refractivity contribution < 1.29 is 4.79 Å². The molecule has 0 saturated carbocycles. The highest BCUT2D eigenvalue weighted by Crippen LogP contribution is 2.43. The molecule has 1 amide bonds. The molecular formula is C29H31Cl2N5O. The van der Waals surface area contributed by atoms with E-state index in [1.165, 1.54) is 5.69 Å². The first-order chi connectivity index (χ1) is 17.9. The van der Waals surface area contributed by atoms with Gasteiger partial charge in [0.2, 0.25) is 0 Å². The molecule has 4 aromatic rings.